The van der Waals surface area contributed by atoms with E-state index in [0.717, 1.165) is 18.2 Å². The molecule has 1 aromatic carbocycles. The molecule has 0 radical (unpaired) electrons. The zero-order valence-electron chi connectivity index (χ0n) is 8.71. The molecule has 0 unspecified atom stereocenters. The quantitative estimate of drug-likeness (QED) is 0.689. The van der Waals surface area contributed by atoms with Gasteiger partial charge in [-0.05, 0) is 18.2 Å². The Labute approximate surface area is 96.4 Å². The zero-order valence-corrected chi connectivity index (χ0v) is 8.71. The lowest BCUT2D eigenvalue weighted by atomic mass is 10.1. The summed E-state index contributed by atoms with van der Waals surface area (Å²) >= 11 is 0. The monoisotopic (exact) mass is 238 g/mol. The van der Waals surface area contributed by atoms with Crippen LogP contribution in [0.1, 0.15) is 31.1 Å². The van der Waals surface area contributed by atoms with Gasteiger partial charge in [0.1, 0.15) is 0 Å². The van der Waals surface area contributed by atoms with Gasteiger partial charge in [0.05, 0.1) is 16.7 Å². The van der Waals surface area contributed by atoms with Crippen molar-refractivity contribution < 1.29 is 29.7 Å². The van der Waals surface area contributed by atoms with Crippen LogP contribution >= 0.6 is 0 Å². The molecule has 0 aromatic heterocycles. The molecule has 0 spiro atoms. The Bertz CT molecular complexity index is 384. The van der Waals surface area contributed by atoms with Crippen LogP contribution in [0, 0.1) is 0 Å². The molecule has 0 saturated carbocycles. The normalized spacial score (nSPS) is 8.71. The number of benzene rings is 1. The highest BCUT2D eigenvalue weighted by Gasteiger charge is 2.14. The zero-order chi connectivity index (χ0) is 13.6. The summed E-state index contributed by atoms with van der Waals surface area (Å²) in [6.07, 6.45) is 0. The van der Waals surface area contributed by atoms with Crippen LogP contribution < -0.4 is 0 Å². The largest absolute Gasteiger partial charge is 0.478 e. The van der Waals surface area contributed by atoms with E-state index in [1.54, 1.807) is 0 Å². The van der Waals surface area contributed by atoms with Gasteiger partial charge in [-0.3, -0.25) is 0 Å². The molecule has 6 heteroatoms. The van der Waals surface area contributed by atoms with E-state index in [-0.39, 0.29) is 16.7 Å². The Kier molecular flexibility index (Phi) is 5.12. The fourth-order valence-electron chi connectivity index (χ4n) is 0.998. The maximum atomic E-state index is 10.6. The third-order valence-corrected chi connectivity index (χ3v) is 1.67. The molecule has 0 atom stereocenters. The first-order chi connectivity index (χ1) is 7.91. The number of rotatable bonds is 3. The SMILES string of the molecule is C=C.O=C(O)c1cc(C(=O)O)cc(C(=O)O)c1. The average molecular weight is 238 g/mol. The highest BCUT2D eigenvalue weighted by atomic mass is 16.4. The van der Waals surface area contributed by atoms with Crippen LogP contribution in [0.4, 0.5) is 0 Å². The first kappa shape index (κ1) is 14.4. The van der Waals surface area contributed by atoms with Crippen molar-refractivity contribution in [3.63, 3.8) is 0 Å². The van der Waals surface area contributed by atoms with Gasteiger partial charge in [0.25, 0.3) is 0 Å². The van der Waals surface area contributed by atoms with Crippen molar-refractivity contribution in [3.05, 3.63) is 48.0 Å². The van der Waals surface area contributed by atoms with E-state index >= 15 is 0 Å². The van der Waals surface area contributed by atoms with E-state index in [0.29, 0.717) is 0 Å². The smallest absolute Gasteiger partial charge is 0.335 e. The van der Waals surface area contributed by atoms with E-state index in [1.165, 1.54) is 0 Å². The standard InChI is InChI=1S/C9H6O6.C2H4/c10-7(11)4-1-5(8(12)13)3-6(2-4)9(14)15;1-2/h1-3H,(H,10,11)(H,12,13)(H,14,15);1-2H2. The van der Waals surface area contributed by atoms with E-state index < -0.39 is 17.9 Å². The molecule has 0 aliphatic heterocycles. The lowest BCUT2D eigenvalue weighted by Crippen LogP contribution is -2.07. The maximum Gasteiger partial charge on any atom is 0.335 e. The van der Waals surface area contributed by atoms with Crippen molar-refractivity contribution in [2.45, 2.75) is 0 Å². The van der Waals surface area contributed by atoms with Gasteiger partial charge < -0.3 is 15.3 Å². The number of hydrogen-bond donors (Lipinski definition) is 3. The molecule has 0 fully saturated rings. The van der Waals surface area contributed by atoms with Crippen molar-refractivity contribution in [1.82, 2.24) is 0 Å². The van der Waals surface area contributed by atoms with Crippen LogP contribution in [0.25, 0.3) is 0 Å². The van der Waals surface area contributed by atoms with Crippen molar-refractivity contribution >= 4 is 17.9 Å². The lowest BCUT2D eigenvalue weighted by Gasteiger charge is -2.00. The van der Waals surface area contributed by atoms with Crippen LogP contribution in [0.5, 0.6) is 0 Å². The van der Waals surface area contributed by atoms with Crippen LogP contribution in [-0.2, 0) is 0 Å². The summed E-state index contributed by atoms with van der Waals surface area (Å²) in [4.78, 5) is 31.7. The maximum absolute atomic E-state index is 10.6. The Morgan fingerprint density at radius 3 is 1.00 bits per heavy atom. The van der Waals surface area contributed by atoms with Crippen molar-refractivity contribution in [2.75, 3.05) is 0 Å². The molecule has 0 saturated heterocycles. The Hall–Kier alpha value is -2.63. The topological polar surface area (TPSA) is 112 Å². The first-order valence-electron chi connectivity index (χ1n) is 4.27. The second kappa shape index (κ2) is 6.06. The minimum Gasteiger partial charge on any atom is -0.478 e. The van der Waals surface area contributed by atoms with Gasteiger partial charge in [-0.2, -0.15) is 0 Å². The summed E-state index contributed by atoms with van der Waals surface area (Å²) in [5.74, 6) is -4.12. The molecule has 1 rings (SSSR count). The van der Waals surface area contributed by atoms with Gasteiger partial charge in [-0.1, -0.05) is 0 Å². The highest BCUT2D eigenvalue weighted by molar-refractivity contribution is 5.98. The minimum absolute atomic E-state index is 0.368. The third kappa shape index (κ3) is 3.78. The second-order valence-electron chi connectivity index (χ2n) is 2.71. The molecule has 90 valence electrons. The number of carboxylic acid groups (broad SMARTS) is 3. The van der Waals surface area contributed by atoms with E-state index in [1.807, 2.05) is 0 Å². The number of carboxylic acids is 3. The second-order valence-corrected chi connectivity index (χ2v) is 2.71. The highest BCUT2D eigenvalue weighted by Crippen LogP contribution is 2.11. The van der Waals surface area contributed by atoms with E-state index in [9.17, 15) is 14.4 Å². The van der Waals surface area contributed by atoms with Crippen molar-refractivity contribution in [1.29, 1.82) is 0 Å². The van der Waals surface area contributed by atoms with Gasteiger partial charge in [-0.25, -0.2) is 14.4 Å². The summed E-state index contributed by atoms with van der Waals surface area (Å²) < 4.78 is 0. The molecule has 1 aromatic rings. The van der Waals surface area contributed by atoms with Gasteiger partial charge in [0.15, 0.2) is 0 Å². The molecule has 3 N–H and O–H groups in total. The Morgan fingerprint density at radius 2 is 0.882 bits per heavy atom. The Balaban J connectivity index is 0.00000121. The predicted molar refractivity (Wildman–Crippen MR) is 58.6 cm³/mol. The van der Waals surface area contributed by atoms with Crippen LogP contribution in [-0.4, -0.2) is 33.2 Å². The van der Waals surface area contributed by atoms with E-state index in [4.69, 9.17) is 15.3 Å². The summed E-state index contributed by atoms with van der Waals surface area (Å²) in [5.41, 5.74) is -1.10. The van der Waals surface area contributed by atoms with Crippen LogP contribution in [0.2, 0.25) is 0 Å². The number of hydrogen-bond acceptors (Lipinski definition) is 3. The summed E-state index contributed by atoms with van der Waals surface area (Å²) in [7, 11) is 0. The fraction of sp³-hybridized carbons (Fsp3) is 0. The summed E-state index contributed by atoms with van der Waals surface area (Å²) in [5, 5.41) is 25.8. The minimum atomic E-state index is -1.37. The molecule has 0 heterocycles. The molecule has 6 nitrogen and oxygen atoms in total. The fourth-order valence-corrected chi connectivity index (χ4v) is 0.998. The third-order valence-electron chi connectivity index (χ3n) is 1.67. The first-order valence-corrected chi connectivity index (χ1v) is 4.27. The predicted octanol–water partition coefficient (Wildman–Crippen LogP) is 1.58. The Morgan fingerprint density at radius 1 is 0.706 bits per heavy atom. The van der Waals surface area contributed by atoms with Gasteiger partial charge >= 0.3 is 17.9 Å². The van der Waals surface area contributed by atoms with Gasteiger partial charge in [-0.15, -0.1) is 13.2 Å². The van der Waals surface area contributed by atoms with Gasteiger partial charge in [0, 0.05) is 0 Å². The molecule has 0 aliphatic rings. The van der Waals surface area contributed by atoms with Gasteiger partial charge in [0.2, 0.25) is 0 Å². The molecule has 0 aliphatic carbocycles. The molecular formula is C11H10O6. The average Bonchev–Trinajstić information content (AvgIpc) is 2.30. The lowest BCUT2D eigenvalue weighted by molar-refractivity contribution is 0.0696. The number of carbonyl (C=O) groups is 3. The van der Waals surface area contributed by atoms with Crippen LogP contribution in [0.15, 0.2) is 31.4 Å². The molecule has 0 amide bonds. The van der Waals surface area contributed by atoms with Crippen LogP contribution in [0.3, 0.4) is 0 Å². The summed E-state index contributed by atoms with van der Waals surface area (Å²) in [6.45, 7) is 6.00. The molecule has 17 heavy (non-hydrogen) atoms. The summed E-state index contributed by atoms with van der Waals surface area (Å²) in [6, 6.07) is 2.70. The number of aromatic carboxylic acids is 3. The molecular weight excluding hydrogens is 228 g/mol. The van der Waals surface area contributed by atoms with Crippen molar-refractivity contribution in [3.8, 4) is 0 Å². The van der Waals surface area contributed by atoms with E-state index in [2.05, 4.69) is 13.2 Å². The molecule has 0 bridgehead atoms. The van der Waals surface area contributed by atoms with Crippen molar-refractivity contribution in [2.24, 2.45) is 0 Å².